The highest BCUT2D eigenvalue weighted by Gasteiger charge is 2.12. The minimum atomic E-state index is 0.726. The maximum absolute atomic E-state index is 6.07. The van der Waals surface area contributed by atoms with Gasteiger partial charge in [-0.15, -0.1) is 0 Å². The summed E-state index contributed by atoms with van der Waals surface area (Å²) >= 11 is 0. The minimum absolute atomic E-state index is 0.726. The normalized spacial score (nSPS) is 10.9. The van der Waals surface area contributed by atoms with Crippen LogP contribution < -0.4 is 11.5 Å². The number of hydrogen-bond acceptors (Lipinski definition) is 2. The van der Waals surface area contributed by atoms with Crippen LogP contribution in [0.1, 0.15) is 5.69 Å². The average Bonchev–Trinajstić information content (AvgIpc) is 2.68. The largest absolute Gasteiger partial charge is 0.399 e. The van der Waals surface area contributed by atoms with Gasteiger partial charge in [0.25, 0.3) is 0 Å². The Hall–Kier alpha value is -2.42. The van der Waals surface area contributed by atoms with E-state index in [9.17, 15) is 0 Å². The van der Waals surface area contributed by atoms with Gasteiger partial charge in [0.2, 0.25) is 0 Å². The van der Waals surface area contributed by atoms with Crippen LogP contribution in [0.15, 0.2) is 42.5 Å². The maximum atomic E-state index is 6.07. The molecule has 0 spiro atoms. The van der Waals surface area contributed by atoms with Gasteiger partial charge in [-0.25, -0.2) is 0 Å². The van der Waals surface area contributed by atoms with E-state index < -0.39 is 0 Å². The predicted octanol–water partition coefficient (Wildman–Crippen LogP) is 3.31. The van der Waals surface area contributed by atoms with Gasteiger partial charge < -0.3 is 16.5 Å². The van der Waals surface area contributed by atoms with Gasteiger partial charge >= 0.3 is 0 Å². The first-order valence-corrected chi connectivity index (χ1v) is 5.89. The fraction of sp³-hybridized carbons (Fsp3) is 0.0667. The predicted molar refractivity (Wildman–Crippen MR) is 77.3 cm³/mol. The molecule has 3 rings (SSSR count). The Morgan fingerprint density at radius 1 is 1.00 bits per heavy atom. The molecule has 0 saturated heterocycles. The van der Waals surface area contributed by atoms with Crippen molar-refractivity contribution in [2.24, 2.45) is 0 Å². The molecule has 0 radical (unpaired) electrons. The second kappa shape index (κ2) is 3.81. The Morgan fingerprint density at radius 3 is 2.61 bits per heavy atom. The maximum Gasteiger partial charge on any atom is 0.0462 e. The van der Waals surface area contributed by atoms with Gasteiger partial charge in [-0.1, -0.05) is 18.2 Å². The van der Waals surface area contributed by atoms with Crippen molar-refractivity contribution < 1.29 is 0 Å². The van der Waals surface area contributed by atoms with Crippen LogP contribution in [0.4, 0.5) is 11.4 Å². The molecule has 0 fully saturated rings. The summed E-state index contributed by atoms with van der Waals surface area (Å²) in [4.78, 5) is 3.38. The number of fused-ring (bicyclic) bond motifs is 1. The third kappa shape index (κ3) is 1.52. The van der Waals surface area contributed by atoms with E-state index in [1.807, 2.05) is 30.3 Å². The quantitative estimate of drug-likeness (QED) is 0.568. The highest BCUT2D eigenvalue weighted by Crippen LogP contribution is 2.36. The first-order chi connectivity index (χ1) is 8.66. The van der Waals surface area contributed by atoms with Gasteiger partial charge in [0, 0.05) is 39.1 Å². The molecule has 0 atom stereocenters. The van der Waals surface area contributed by atoms with Crippen molar-refractivity contribution >= 4 is 22.3 Å². The molecule has 3 aromatic rings. The molecule has 0 aliphatic carbocycles. The van der Waals surface area contributed by atoms with Crippen LogP contribution in [0.25, 0.3) is 22.0 Å². The van der Waals surface area contributed by atoms with E-state index in [1.54, 1.807) is 0 Å². The van der Waals surface area contributed by atoms with Gasteiger partial charge in [-0.2, -0.15) is 0 Å². The lowest BCUT2D eigenvalue weighted by molar-refractivity contribution is 1.30. The number of nitrogens with two attached hydrogens (primary N) is 2. The van der Waals surface area contributed by atoms with E-state index in [0.29, 0.717) is 0 Å². The first-order valence-electron chi connectivity index (χ1n) is 5.89. The topological polar surface area (TPSA) is 67.8 Å². The van der Waals surface area contributed by atoms with Crippen LogP contribution in [0.2, 0.25) is 0 Å². The van der Waals surface area contributed by atoms with Gasteiger partial charge in [-0.05, 0) is 31.2 Å². The molecule has 0 bridgehead atoms. The molecule has 0 aliphatic rings. The van der Waals surface area contributed by atoms with E-state index in [4.69, 9.17) is 11.5 Å². The SMILES string of the molecule is Cc1[nH]c2ccccc2c1-c1cc(N)ccc1N. The number of nitrogens with one attached hydrogen (secondary N) is 1. The summed E-state index contributed by atoms with van der Waals surface area (Å²) in [7, 11) is 0. The number of aryl methyl sites for hydroxylation is 1. The van der Waals surface area contributed by atoms with Crippen molar-refractivity contribution in [2.75, 3.05) is 11.5 Å². The Labute approximate surface area is 105 Å². The van der Waals surface area contributed by atoms with Crippen LogP contribution in [0.3, 0.4) is 0 Å². The zero-order valence-corrected chi connectivity index (χ0v) is 10.2. The standard InChI is InChI=1S/C15H15N3/c1-9-15(11-4-2-3-5-14(11)18-9)12-8-10(16)6-7-13(12)17/h2-8,18H,16-17H2,1H3. The second-order valence-electron chi connectivity index (χ2n) is 4.52. The van der Waals surface area contributed by atoms with E-state index in [1.165, 1.54) is 5.39 Å². The lowest BCUT2D eigenvalue weighted by atomic mass is 10.00. The fourth-order valence-corrected chi connectivity index (χ4v) is 2.41. The summed E-state index contributed by atoms with van der Waals surface area (Å²) < 4.78 is 0. The van der Waals surface area contributed by atoms with Gasteiger partial charge in [0.05, 0.1) is 0 Å². The second-order valence-corrected chi connectivity index (χ2v) is 4.52. The summed E-state index contributed by atoms with van der Waals surface area (Å²) in [6.45, 7) is 2.05. The zero-order valence-electron chi connectivity index (χ0n) is 10.2. The fourth-order valence-electron chi connectivity index (χ4n) is 2.41. The Kier molecular flexibility index (Phi) is 2.27. The summed E-state index contributed by atoms with van der Waals surface area (Å²) in [5.41, 5.74) is 17.8. The lowest BCUT2D eigenvalue weighted by Gasteiger charge is -2.07. The van der Waals surface area contributed by atoms with Crippen molar-refractivity contribution in [3.8, 4) is 11.1 Å². The number of rotatable bonds is 1. The molecule has 0 saturated carbocycles. The number of nitrogen functional groups attached to an aromatic ring is 2. The first kappa shape index (κ1) is 10.7. The summed E-state index contributed by atoms with van der Waals surface area (Å²) in [5, 5.41) is 1.17. The Bertz CT molecular complexity index is 726. The number of benzene rings is 2. The van der Waals surface area contributed by atoms with Crippen LogP contribution in [0, 0.1) is 6.92 Å². The number of para-hydroxylation sites is 1. The summed E-state index contributed by atoms with van der Waals surface area (Å²) in [6, 6.07) is 13.8. The number of anilines is 2. The molecule has 0 amide bonds. The summed E-state index contributed by atoms with van der Waals surface area (Å²) in [5.74, 6) is 0. The van der Waals surface area contributed by atoms with E-state index in [0.717, 1.165) is 33.7 Å². The minimum Gasteiger partial charge on any atom is -0.399 e. The molecule has 1 heterocycles. The summed E-state index contributed by atoms with van der Waals surface area (Å²) in [6.07, 6.45) is 0. The van der Waals surface area contributed by atoms with Crippen LogP contribution >= 0.6 is 0 Å². The zero-order chi connectivity index (χ0) is 12.7. The van der Waals surface area contributed by atoms with Crippen molar-refractivity contribution in [2.45, 2.75) is 6.92 Å². The molecule has 3 heteroatoms. The Balaban J connectivity index is 2.37. The van der Waals surface area contributed by atoms with Crippen molar-refractivity contribution in [3.05, 3.63) is 48.2 Å². The van der Waals surface area contributed by atoms with Crippen molar-refractivity contribution in [1.29, 1.82) is 0 Å². The number of H-pyrrole nitrogens is 1. The molecular weight excluding hydrogens is 222 g/mol. The van der Waals surface area contributed by atoms with Gasteiger partial charge in [-0.3, -0.25) is 0 Å². The molecule has 0 unspecified atom stereocenters. The van der Waals surface area contributed by atoms with E-state index in [2.05, 4.69) is 24.0 Å². The van der Waals surface area contributed by atoms with Gasteiger partial charge in [0.1, 0.15) is 0 Å². The molecule has 5 N–H and O–H groups in total. The highest BCUT2D eigenvalue weighted by molar-refractivity contribution is 6.00. The van der Waals surface area contributed by atoms with Crippen LogP contribution in [-0.4, -0.2) is 4.98 Å². The average molecular weight is 237 g/mol. The molecule has 90 valence electrons. The molecule has 18 heavy (non-hydrogen) atoms. The number of hydrogen-bond donors (Lipinski definition) is 3. The number of aromatic nitrogens is 1. The van der Waals surface area contributed by atoms with E-state index >= 15 is 0 Å². The number of aromatic amines is 1. The highest BCUT2D eigenvalue weighted by atomic mass is 14.7. The van der Waals surface area contributed by atoms with Crippen LogP contribution in [0.5, 0.6) is 0 Å². The monoisotopic (exact) mass is 237 g/mol. The van der Waals surface area contributed by atoms with Crippen molar-refractivity contribution in [3.63, 3.8) is 0 Å². The Morgan fingerprint density at radius 2 is 1.78 bits per heavy atom. The lowest BCUT2D eigenvalue weighted by Crippen LogP contribution is -1.93. The third-order valence-corrected chi connectivity index (χ3v) is 3.24. The molecular formula is C15H15N3. The molecule has 2 aromatic carbocycles. The smallest absolute Gasteiger partial charge is 0.0462 e. The molecule has 3 nitrogen and oxygen atoms in total. The molecule has 1 aromatic heterocycles. The van der Waals surface area contributed by atoms with E-state index in [-0.39, 0.29) is 0 Å². The van der Waals surface area contributed by atoms with Crippen LogP contribution in [-0.2, 0) is 0 Å². The third-order valence-electron chi connectivity index (χ3n) is 3.24. The molecule has 0 aliphatic heterocycles. The van der Waals surface area contributed by atoms with Gasteiger partial charge in [0.15, 0.2) is 0 Å². The van der Waals surface area contributed by atoms with Crippen molar-refractivity contribution in [1.82, 2.24) is 4.98 Å².